The molecule has 2 aliphatic rings. The summed E-state index contributed by atoms with van der Waals surface area (Å²) in [5.41, 5.74) is 4.18. The highest BCUT2D eigenvalue weighted by Crippen LogP contribution is 2.47. The molecule has 4 N–H and O–H groups in total. The number of ketones is 1. The second kappa shape index (κ2) is 9.01. The number of carbonyl (C=O) groups is 1. The van der Waals surface area contributed by atoms with Gasteiger partial charge in [-0.05, 0) is 71.9 Å². The number of fused-ring (bicyclic) bond motifs is 1. The third-order valence-corrected chi connectivity index (χ3v) is 9.35. The molecule has 3 heterocycles. The molecule has 1 aliphatic heterocycles. The molecular formula is C22H21F3IN5O3S. The Labute approximate surface area is 212 Å². The molecule has 0 bridgehead atoms. The van der Waals surface area contributed by atoms with Crippen LogP contribution in [0.1, 0.15) is 28.8 Å². The highest BCUT2D eigenvalue weighted by atomic mass is 127. The van der Waals surface area contributed by atoms with Crippen LogP contribution in [0.4, 0.5) is 18.9 Å². The minimum Gasteiger partial charge on any atom is -0.345 e. The molecule has 3 atom stereocenters. The zero-order chi connectivity index (χ0) is 25.1. The van der Waals surface area contributed by atoms with E-state index in [1.807, 2.05) is 0 Å². The number of halogens is 4. The van der Waals surface area contributed by atoms with Crippen LogP contribution < -0.4 is 10.5 Å². The Balaban J connectivity index is 1.43. The number of H-pyrrole nitrogens is 1. The Kier molecular flexibility index (Phi) is 6.30. The van der Waals surface area contributed by atoms with Gasteiger partial charge in [-0.25, -0.2) is 18.2 Å². The average molecular weight is 619 g/mol. The van der Waals surface area contributed by atoms with Crippen molar-refractivity contribution in [1.82, 2.24) is 14.3 Å². The maximum atomic E-state index is 15.4. The maximum absolute atomic E-state index is 15.4. The van der Waals surface area contributed by atoms with Gasteiger partial charge in [-0.2, -0.15) is 12.7 Å². The van der Waals surface area contributed by atoms with Gasteiger partial charge >= 0.3 is 10.2 Å². The molecule has 8 nitrogen and oxygen atoms in total. The third-order valence-electron chi connectivity index (χ3n) is 6.81. The monoisotopic (exact) mass is 619 g/mol. The van der Waals surface area contributed by atoms with E-state index in [2.05, 4.69) is 14.7 Å². The SMILES string of the molecule is NCC1CC1C1CCN(S(=O)(=O)Nc2ccc(F)c(C(=O)c3c[nH]c4ncc(F)c(I)c34)c2F)C1. The van der Waals surface area contributed by atoms with Gasteiger partial charge in [0, 0.05) is 24.7 Å². The van der Waals surface area contributed by atoms with E-state index in [1.165, 1.54) is 10.5 Å². The van der Waals surface area contributed by atoms with E-state index in [4.69, 9.17) is 5.73 Å². The van der Waals surface area contributed by atoms with Crippen molar-refractivity contribution in [2.75, 3.05) is 24.4 Å². The van der Waals surface area contributed by atoms with Crippen molar-refractivity contribution in [3.63, 3.8) is 0 Å². The zero-order valence-electron chi connectivity index (χ0n) is 18.2. The summed E-state index contributed by atoms with van der Waals surface area (Å²) in [6.45, 7) is 1.13. The Morgan fingerprint density at radius 2 is 2.06 bits per heavy atom. The first-order valence-electron chi connectivity index (χ1n) is 10.9. The van der Waals surface area contributed by atoms with Crippen LogP contribution in [0.15, 0.2) is 24.5 Å². The Bertz CT molecular complexity index is 1450. The van der Waals surface area contributed by atoms with Gasteiger partial charge in [-0.3, -0.25) is 9.52 Å². The summed E-state index contributed by atoms with van der Waals surface area (Å²) < 4.78 is 73.3. The van der Waals surface area contributed by atoms with Gasteiger partial charge < -0.3 is 10.7 Å². The van der Waals surface area contributed by atoms with E-state index >= 15 is 4.39 Å². The number of nitrogens with zero attached hydrogens (tertiary/aromatic N) is 2. The first kappa shape index (κ1) is 24.5. The number of benzene rings is 1. The normalized spacial score (nSPS) is 22.6. The predicted molar refractivity (Wildman–Crippen MR) is 131 cm³/mol. The molecule has 5 rings (SSSR count). The quantitative estimate of drug-likeness (QED) is 0.277. The molecule has 13 heteroatoms. The standard InChI is InChI=1S/C22H21F3IN5O3S/c23-14-1-2-16(30-35(33,34)31-4-3-10(9-31)12-5-11(12)6-27)19(25)18(14)21(32)13-7-28-22-17(13)20(26)15(24)8-29-22/h1-2,7-8,10-12,30H,3-6,9,27H2,(H,28,29). The van der Waals surface area contributed by atoms with Gasteiger partial charge in [0.25, 0.3) is 0 Å². The number of aromatic amines is 1. The molecule has 1 saturated heterocycles. The number of hydrogen-bond acceptors (Lipinski definition) is 5. The number of aromatic nitrogens is 2. The number of pyridine rings is 1. The van der Waals surface area contributed by atoms with Crippen LogP contribution in [0, 0.1) is 38.8 Å². The van der Waals surface area contributed by atoms with E-state index in [0.717, 1.165) is 24.8 Å². The first-order chi connectivity index (χ1) is 16.6. The molecule has 3 aromatic rings. The number of hydrogen-bond donors (Lipinski definition) is 3. The number of carbonyl (C=O) groups excluding carboxylic acids is 1. The van der Waals surface area contributed by atoms with Crippen LogP contribution in [0.2, 0.25) is 0 Å². The van der Waals surface area contributed by atoms with Crippen molar-refractivity contribution in [2.24, 2.45) is 23.5 Å². The van der Waals surface area contributed by atoms with Crippen molar-refractivity contribution in [3.8, 4) is 0 Å². The summed E-state index contributed by atoms with van der Waals surface area (Å²) in [5, 5.41) is 0.0827. The Morgan fingerprint density at radius 1 is 1.29 bits per heavy atom. The van der Waals surface area contributed by atoms with Gasteiger partial charge in [-0.1, -0.05) is 0 Å². The summed E-state index contributed by atoms with van der Waals surface area (Å²) in [7, 11) is -4.14. The molecule has 1 aliphatic carbocycles. The first-order valence-corrected chi connectivity index (χ1v) is 13.5. The van der Waals surface area contributed by atoms with Crippen molar-refractivity contribution in [2.45, 2.75) is 12.8 Å². The van der Waals surface area contributed by atoms with E-state index in [-0.39, 0.29) is 39.2 Å². The summed E-state index contributed by atoms with van der Waals surface area (Å²) >= 11 is 1.68. The van der Waals surface area contributed by atoms with Gasteiger partial charge in [0.2, 0.25) is 5.78 Å². The zero-order valence-corrected chi connectivity index (χ0v) is 21.2. The van der Waals surface area contributed by atoms with E-state index in [1.54, 1.807) is 22.6 Å². The fourth-order valence-electron chi connectivity index (χ4n) is 4.83. The minimum atomic E-state index is -4.14. The van der Waals surface area contributed by atoms with E-state index in [0.29, 0.717) is 24.8 Å². The van der Waals surface area contributed by atoms with Crippen LogP contribution in [0.5, 0.6) is 0 Å². The fourth-order valence-corrected chi connectivity index (χ4v) is 6.81. The van der Waals surface area contributed by atoms with Crippen molar-refractivity contribution >= 4 is 55.3 Å². The van der Waals surface area contributed by atoms with Gasteiger partial charge in [0.1, 0.15) is 11.5 Å². The third kappa shape index (κ3) is 4.32. The molecule has 186 valence electrons. The lowest BCUT2D eigenvalue weighted by Gasteiger charge is -2.19. The van der Waals surface area contributed by atoms with Gasteiger partial charge in [0.15, 0.2) is 11.6 Å². The summed E-state index contributed by atoms with van der Waals surface area (Å²) in [5.74, 6) is -3.29. The van der Waals surface area contributed by atoms with Crippen LogP contribution in [-0.2, 0) is 10.2 Å². The van der Waals surface area contributed by atoms with Crippen molar-refractivity contribution in [3.05, 3.63) is 56.7 Å². The second-order valence-corrected chi connectivity index (χ2v) is 11.6. The molecule has 2 fully saturated rings. The largest absolute Gasteiger partial charge is 0.345 e. The molecular weight excluding hydrogens is 598 g/mol. The molecule has 35 heavy (non-hydrogen) atoms. The lowest BCUT2D eigenvalue weighted by Crippen LogP contribution is -2.34. The second-order valence-electron chi connectivity index (χ2n) is 8.87. The number of anilines is 1. The Morgan fingerprint density at radius 3 is 2.77 bits per heavy atom. The highest BCUT2D eigenvalue weighted by Gasteiger charge is 2.46. The van der Waals surface area contributed by atoms with Gasteiger partial charge in [-0.15, -0.1) is 0 Å². The average Bonchev–Trinajstić information content (AvgIpc) is 3.22. The van der Waals surface area contributed by atoms with Crippen molar-refractivity contribution < 1.29 is 26.4 Å². The van der Waals surface area contributed by atoms with Crippen molar-refractivity contribution in [1.29, 1.82) is 0 Å². The van der Waals surface area contributed by atoms with Gasteiger partial charge in [0.05, 0.1) is 26.6 Å². The van der Waals surface area contributed by atoms with Crippen LogP contribution >= 0.6 is 22.6 Å². The lowest BCUT2D eigenvalue weighted by atomic mass is 10.0. The highest BCUT2D eigenvalue weighted by molar-refractivity contribution is 14.1. The molecule has 1 aromatic carbocycles. The molecule has 2 aromatic heterocycles. The number of rotatable bonds is 7. The summed E-state index contributed by atoms with van der Waals surface area (Å²) in [6.07, 6.45) is 3.82. The molecule has 0 spiro atoms. The Hall–Kier alpha value is -2.23. The van der Waals surface area contributed by atoms with Crippen LogP contribution in [0.25, 0.3) is 11.0 Å². The van der Waals surface area contributed by atoms with Crippen LogP contribution in [-0.4, -0.2) is 48.1 Å². The summed E-state index contributed by atoms with van der Waals surface area (Å²) in [4.78, 5) is 19.7. The minimum absolute atomic E-state index is 0.0611. The number of nitrogens with one attached hydrogen (secondary N) is 2. The molecule has 0 amide bonds. The maximum Gasteiger partial charge on any atom is 0.301 e. The predicted octanol–water partition coefficient (Wildman–Crippen LogP) is 3.39. The van der Waals surface area contributed by atoms with E-state index in [9.17, 15) is 22.0 Å². The van der Waals surface area contributed by atoms with Crippen LogP contribution in [0.3, 0.4) is 0 Å². The molecule has 1 saturated carbocycles. The molecule has 0 radical (unpaired) electrons. The smallest absolute Gasteiger partial charge is 0.301 e. The topological polar surface area (TPSA) is 121 Å². The molecule has 3 unspecified atom stereocenters. The van der Waals surface area contributed by atoms with E-state index < -0.39 is 44.7 Å². The fraction of sp³-hybridized carbons (Fsp3) is 0.364. The lowest BCUT2D eigenvalue weighted by molar-refractivity contribution is 0.103. The number of nitrogens with two attached hydrogens (primary N) is 1. The summed E-state index contributed by atoms with van der Waals surface area (Å²) in [6, 6.07) is 1.74.